The number of benzene rings is 2. The van der Waals surface area contributed by atoms with Crippen molar-refractivity contribution in [1.82, 2.24) is 9.78 Å². The average molecular weight is 476 g/mol. The minimum Gasteiger partial charge on any atom is -0.492 e. The summed E-state index contributed by atoms with van der Waals surface area (Å²) in [6.45, 7) is 1.70. The van der Waals surface area contributed by atoms with E-state index in [0.717, 1.165) is 4.68 Å². The summed E-state index contributed by atoms with van der Waals surface area (Å²) in [4.78, 5) is 36.8. The number of ether oxygens (including phenoxy) is 2. The number of carbonyl (C=O) groups excluding carboxylic acids is 2. The molecule has 0 saturated heterocycles. The summed E-state index contributed by atoms with van der Waals surface area (Å²) in [6, 6.07) is 16.1. The SMILES string of the molecule is CC(OC(=O)c1ccc(=O)n(CCOc2ccccc2)n1)C(=O)Nc1cc(Cl)ccc1Cl. The lowest BCUT2D eigenvalue weighted by Gasteiger charge is -2.14. The molecule has 2 aromatic carbocycles. The van der Waals surface area contributed by atoms with Crippen molar-refractivity contribution >= 4 is 40.8 Å². The third-order valence-electron chi connectivity index (χ3n) is 4.23. The van der Waals surface area contributed by atoms with Crippen LogP contribution in [0.25, 0.3) is 0 Å². The molecule has 0 fully saturated rings. The van der Waals surface area contributed by atoms with Gasteiger partial charge in [-0.1, -0.05) is 41.4 Å². The van der Waals surface area contributed by atoms with E-state index >= 15 is 0 Å². The van der Waals surface area contributed by atoms with Crippen molar-refractivity contribution in [3.8, 4) is 5.75 Å². The highest BCUT2D eigenvalue weighted by molar-refractivity contribution is 6.35. The number of carbonyl (C=O) groups is 2. The zero-order valence-electron chi connectivity index (χ0n) is 17.0. The molecule has 0 bridgehead atoms. The second-order valence-corrected chi connectivity index (χ2v) is 7.45. The van der Waals surface area contributed by atoms with Crippen LogP contribution in [0.5, 0.6) is 5.75 Å². The van der Waals surface area contributed by atoms with Crippen LogP contribution in [-0.4, -0.2) is 34.4 Å². The first kappa shape index (κ1) is 23.3. The first-order valence-electron chi connectivity index (χ1n) is 9.56. The van der Waals surface area contributed by atoms with Gasteiger partial charge in [-0.2, -0.15) is 5.10 Å². The van der Waals surface area contributed by atoms with E-state index in [2.05, 4.69) is 10.4 Å². The summed E-state index contributed by atoms with van der Waals surface area (Å²) in [5.74, 6) is -0.814. The Labute approximate surface area is 193 Å². The normalized spacial score (nSPS) is 11.5. The van der Waals surface area contributed by atoms with Gasteiger partial charge >= 0.3 is 5.97 Å². The Morgan fingerprint density at radius 1 is 1.09 bits per heavy atom. The standard InChI is InChI=1S/C22H19Cl2N3O5/c1-14(21(29)25-19-13-15(23)7-8-17(19)24)32-22(30)18-9-10-20(28)27(26-18)11-12-31-16-5-3-2-4-6-16/h2-10,13-14H,11-12H2,1H3,(H,25,29). The minimum absolute atomic E-state index is 0.121. The van der Waals surface area contributed by atoms with Crippen molar-refractivity contribution in [3.63, 3.8) is 0 Å². The van der Waals surface area contributed by atoms with Crippen LogP contribution in [0.3, 0.4) is 0 Å². The van der Waals surface area contributed by atoms with E-state index < -0.39 is 23.5 Å². The van der Waals surface area contributed by atoms with Gasteiger partial charge in [-0.15, -0.1) is 0 Å². The third-order valence-corrected chi connectivity index (χ3v) is 4.79. The maximum absolute atomic E-state index is 12.4. The van der Waals surface area contributed by atoms with E-state index in [9.17, 15) is 14.4 Å². The van der Waals surface area contributed by atoms with Crippen LogP contribution < -0.4 is 15.6 Å². The zero-order valence-corrected chi connectivity index (χ0v) is 18.5. The molecule has 0 spiro atoms. The molecule has 0 aliphatic heterocycles. The number of rotatable bonds is 8. The van der Waals surface area contributed by atoms with E-state index in [-0.39, 0.29) is 29.6 Å². The Balaban J connectivity index is 1.60. The van der Waals surface area contributed by atoms with E-state index in [4.69, 9.17) is 32.7 Å². The summed E-state index contributed by atoms with van der Waals surface area (Å²) in [6.07, 6.45) is -1.15. The highest BCUT2D eigenvalue weighted by atomic mass is 35.5. The number of hydrogen-bond donors (Lipinski definition) is 1. The van der Waals surface area contributed by atoms with E-state index in [0.29, 0.717) is 10.8 Å². The van der Waals surface area contributed by atoms with Gasteiger partial charge in [0.1, 0.15) is 12.4 Å². The van der Waals surface area contributed by atoms with Gasteiger partial charge < -0.3 is 14.8 Å². The van der Waals surface area contributed by atoms with Crippen molar-refractivity contribution < 1.29 is 19.1 Å². The average Bonchev–Trinajstić information content (AvgIpc) is 2.78. The number of aromatic nitrogens is 2. The molecule has 1 N–H and O–H groups in total. The van der Waals surface area contributed by atoms with Crippen molar-refractivity contribution in [2.75, 3.05) is 11.9 Å². The molecular weight excluding hydrogens is 457 g/mol. The lowest BCUT2D eigenvalue weighted by atomic mass is 10.3. The van der Waals surface area contributed by atoms with E-state index in [1.54, 1.807) is 18.2 Å². The second-order valence-electron chi connectivity index (χ2n) is 6.60. The van der Waals surface area contributed by atoms with Crippen molar-refractivity contribution in [2.24, 2.45) is 0 Å². The summed E-state index contributed by atoms with van der Waals surface area (Å²) in [7, 11) is 0. The molecule has 1 amide bonds. The molecule has 0 aliphatic rings. The number of nitrogens with one attached hydrogen (secondary N) is 1. The van der Waals surface area contributed by atoms with Gasteiger partial charge in [-0.3, -0.25) is 9.59 Å². The van der Waals surface area contributed by atoms with Crippen LogP contribution in [0.15, 0.2) is 65.5 Å². The summed E-state index contributed by atoms with van der Waals surface area (Å²) >= 11 is 11.9. The van der Waals surface area contributed by atoms with E-state index in [1.165, 1.54) is 31.2 Å². The maximum Gasteiger partial charge on any atom is 0.359 e. The second kappa shape index (κ2) is 10.8. The number of hydrogen-bond acceptors (Lipinski definition) is 6. The predicted octanol–water partition coefficient (Wildman–Crippen LogP) is 3.81. The molecule has 32 heavy (non-hydrogen) atoms. The number of nitrogens with zero attached hydrogens (tertiary/aromatic N) is 2. The lowest BCUT2D eigenvalue weighted by Crippen LogP contribution is -2.32. The van der Waals surface area contributed by atoms with Gasteiger partial charge in [0.15, 0.2) is 11.8 Å². The fourth-order valence-corrected chi connectivity index (χ4v) is 2.92. The van der Waals surface area contributed by atoms with Crippen molar-refractivity contribution in [1.29, 1.82) is 0 Å². The fraction of sp³-hybridized carbons (Fsp3) is 0.182. The fourth-order valence-electron chi connectivity index (χ4n) is 2.59. The summed E-state index contributed by atoms with van der Waals surface area (Å²) in [5, 5.41) is 7.22. The van der Waals surface area contributed by atoms with Crippen LogP contribution in [0.2, 0.25) is 10.0 Å². The summed E-state index contributed by atoms with van der Waals surface area (Å²) in [5.41, 5.74) is -0.235. The van der Waals surface area contributed by atoms with Crippen LogP contribution in [0, 0.1) is 0 Å². The highest BCUT2D eigenvalue weighted by Crippen LogP contribution is 2.25. The molecule has 10 heteroatoms. The van der Waals surface area contributed by atoms with Gasteiger partial charge in [0.25, 0.3) is 11.5 Å². The monoisotopic (exact) mass is 475 g/mol. The number of esters is 1. The molecule has 1 heterocycles. The van der Waals surface area contributed by atoms with Gasteiger partial charge in [0.05, 0.1) is 17.3 Å². The first-order valence-corrected chi connectivity index (χ1v) is 10.3. The lowest BCUT2D eigenvalue weighted by molar-refractivity contribution is -0.123. The van der Waals surface area contributed by atoms with E-state index in [1.807, 2.05) is 18.2 Å². The van der Waals surface area contributed by atoms with Crippen LogP contribution in [-0.2, 0) is 16.1 Å². The molecular formula is C22H19Cl2N3O5. The van der Waals surface area contributed by atoms with Gasteiger partial charge in [0, 0.05) is 11.1 Å². The first-order chi connectivity index (χ1) is 15.3. The molecule has 0 radical (unpaired) electrons. The molecule has 3 aromatic rings. The molecule has 166 valence electrons. The molecule has 1 atom stereocenters. The number of para-hydroxylation sites is 1. The van der Waals surface area contributed by atoms with Gasteiger partial charge in [0.2, 0.25) is 0 Å². The Hall–Kier alpha value is -3.36. The van der Waals surface area contributed by atoms with Crippen LogP contribution >= 0.6 is 23.2 Å². The largest absolute Gasteiger partial charge is 0.492 e. The maximum atomic E-state index is 12.4. The van der Waals surface area contributed by atoms with Gasteiger partial charge in [-0.05, 0) is 43.3 Å². The topological polar surface area (TPSA) is 99.5 Å². The quantitative estimate of drug-likeness (QED) is 0.497. The summed E-state index contributed by atoms with van der Waals surface area (Å²) < 4.78 is 11.8. The Morgan fingerprint density at radius 2 is 1.84 bits per heavy atom. The Kier molecular flexibility index (Phi) is 7.86. The minimum atomic E-state index is -1.15. The number of amides is 1. The molecule has 3 rings (SSSR count). The molecule has 1 unspecified atom stereocenters. The number of halogens is 2. The molecule has 0 aliphatic carbocycles. The third kappa shape index (κ3) is 6.32. The Morgan fingerprint density at radius 3 is 2.59 bits per heavy atom. The predicted molar refractivity (Wildman–Crippen MR) is 120 cm³/mol. The molecule has 8 nitrogen and oxygen atoms in total. The zero-order chi connectivity index (χ0) is 23.1. The van der Waals surface area contributed by atoms with Crippen molar-refractivity contribution in [2.45, 2.75) is 19.6 Å². The van der Waals surface area contributed by atoms with Crippen LogP contribution in [0.1, 0.15) is 17.4 Å². The van der Waals surface area contributed by atoms with Crippen LogP contribution in [0.4, 0.5) is 5.69 Å². The number of anilines is 1. The highest BCUT2D eigenvalue weighted by Gasteiger charge is 2.21. The van der Waals surface area contributed by atoms with Crippen molar-refractivity contribution in [3.05, 3.63) is 86.8 Å². The molecule has 0 saturated carbocycles. The Bertz CT molecular complexity index is 1170. The molecule has 1 aromatic heterocycles. The smallest absolute Gasteiger partial charge is 0.359 e. The van der Waals surface area contributed by atoms with Gasteiger partial charge in [-0.25, -0.2) is 9.48 Å².